The molecule has 1 unspecified atom stereocenters. The highest BCUT2D eigenvalue weighted by Gasteiger charge is 2.33. The van der Waals surface area contributed by atoms with Crippen molar-refractivity contribution >= 4 is 34.4 Å². The quantitative estimate of drug-likeness (QED) is 0.161. The first-order valence-electron chi connectivity index (χ1n) is 15.4. The van der Waals surface area contributed by atoms with E-state index in [0.717, 1.165) is 47.2 Å². The van der Waals surface area contributed by atoms with E-state index in [9.17, 15) is 22.8 Å². The lowest BCUT2D eigenvalue weighted by atomic mass is 9.97. The Kier molecular flexibility index (Phi) is 10.5. The van der Waals surface area contributed by atoms with Crippen molar-refractivity contribution in [2.75, 3.05) is 10.7 Å². The minimum Gasteiger partial charge on any atom is -0.406 e. The predicted octanol–water partition coefficient (Wildman–Crippen LogP) is 8.28. The summed E-state index contributed by atoms with van der Waals surface area (Å²) < 4.78 is 42.8. The van der Waals surface area contributed by atoms with E-state index >= 15 is 0 Å². The highest BCUT2D eigenvalue weighted by Crippen LogP contribution is 2.34. The number of aryl methyl sites for hydroxylation is 2. The summed E-state index contributed by atoms with van der Waals surface area (Å²) in [6, 6.07) is 19.3. The molecule has 0 N–H and O–H groups in total. The van der Waals surface area contributed by atoms with Crippen molar-refractivity contribution in [1.82, 2.24) is 14.8 Å². The van der Waals surface area contributed by atoms with Crippen LogP contribution in [0.4, 0.5) is 18.9 Å². The maximum Gasteiger partial charge on any atom is 0.573 e. The number of aromatic nitrogens is 3. The van der Waals surface area contributed by atoms with Gasteiger partial charge in [0.1, 0.15) is 12.1 Å². The summed E-state index contributed by atoms with van der Waals surface area (Å²) in [6.07, 6.45) is -0.465. The molecule has 1 aliphatic rings. The Morgan fingerprint density at radius 3 is 2.55 bits per heavy atom. The maximum atomic E-state index is 13.0. The molecule has 0 spiro atoms. The smallest absolute Gasteiger partial charge is 0.406 e. The summed E-state index contributed by atoms with van der Waals surface area (Å²) in [5.41, 5.74) is 5.34. The largest absolute Gasteiger partial charge is 0.573 e. The number of alkyl halides is 3. The van der Waals surface area contributed by atoms with Gasteiger partial charge in [0.15, 0.2) is 11.0 Å². The molecule has 12 heteroatoms. The summed E-state index contributed by atoms with van der Waals surface area (Å²) in [5, 5.41) is 4.94. The van der Waals surface area contributed by atoms with Crippen molar-refractivity contribution in [3.8, 4) is 22.8 Å². The predicted molar refractivity (Wildman–Crippen MR) is 178 cm³/mol. The lowest BCUT2D eigenvalue weighted by molar-refractivity contribution is -0.274. The molecule has 1 saturated heterocycles. The summed E-state index contributed by atoms with van der Waals surface area (Å²) in [6.45, 7) is 8.18. The molecule has 1 atom stereocenters. The lowest BCUT2D eigenvalue weighted by Gasteiger charge is -2.22. The lowest BCUT2D eigenvalue weighted by Crippen LogP contribution is -2.31. The van der Waals surface area contributed by atoms with Gasteiger partial charge in [0.2, 0.25) is 11.8 Å². The van der Waals surface area contributed by atoms with Crippen molar-refractivity contribution in [2.24, 2.45) is 10.9 Å². The topological polar surface area (TPSA) is 89.7 Å². The molecule has 0 aliphatic carbocycles. The molecule has 1 aliphatic heterocycles. The van der Waals surface area contributed by atoms with Crippen LogP contribution in [0.2, 0.25) is 0 Å². The number of amides is 2. The molecule has 2 amide bonds. The van der Waals surface area contributed by atoms with Crippen LogP contribution in [0.1, 0.15) is 62.6 Å². The monoisotopic (exact) mass is 663 g/mol. The van der Waals surface area contributed by atoms with Crippen molar-refractivity contribution in [1.29, 1.82) is 0 Å². The second-order valence-electron chi connectivity index (χ2n) is 12.0. The Morgan fingerprint density at radius 2 is 1.83 bits per heavy atom. The fourth-order valence-corrected chi connectivity index (χ4v) is 6.29. The van der Waals surface area contributed by atoms with Gasteiger partial charge in [-0.15, -0.1) is 18.3 Å². The van der Waals surface area contributed by atoms with Crippen LogP contribution in [0, 0.1) is 12.8 Å². The number of anilines is 1. The van der Waals surface area contributed by atoms with Crippen LogP contribution < -0.4 is 9.64 Å². The van der Waals surface area contributed by atoms with Crippen molar-refractivity contribution < 1.29 is 27.5 Å². The van der Waals surface area contributed by atoms with Gasteiger partial charge in [-0.3, -0.25) is 14.5 Å². The fourth-order valence-electron chi connectivity index (χ4n) is 5.41. The first-order valence-corrected chi connectivity index (χ1v) is 16.4. The second kappa shape index (κ2) is 14.5. The number of hydrogen-bond acceptors (Lipinski definition) is 6. The van der Waals surface area contributed by atoms with E-state index in [2.05, 4.69) is 33.7 Å². The number of thioether (sulfide) groups is 1. The van der Waals surface area contributed by atoms with Gasteiger partial charge in [0, 0.05) is 12.0 Å². The molecule has 0 radical (unpaired) electrons. The number of halogens is 3. The number of carbonyl (C=O) groups is 2. The van der Waals surface area contributed by atoms with Crippen LogP contribution >= 0.6 is 11.8 Å². The third-order valence-corrected chi connectivity index (χ3v) is 8.66. The molecule has 8 nitrogen and oxygen atoms in total. The number of benzene rings is 3. The average molecular weight is 664 g/mol. The normalized spacial score (nSPS) is 15.1. The summed E-state index contributed by atoms with van der Waals surface area (Å²) in [5.74, 6) is 0.465. The van der Waals surface area contributed by atoms with Crippen LogP contribution in [0.25, 0.3) is 17.1 Å². The Labute approximate surface area is 276 Å². The van der Waals surface area contributed by atoms with E-state index in [1.165, 1.54) is 47.0 Å². The van der Waals surface area contributed by atoms with Gasteiger partial charge in [-0.25, -0.2) is 9.67 Å². The van der Waals surface area contributed by atoms with E-state index in [0.29, 0.717) is 23.1 Å². The Bertz CT molecular complexity index is 1770. The second-order valence-corrected chi connectivity index (χ2v) is 12.9. The molecule has 246 valence electrons. The molecule has 2 heterocycles. The average Bonchev–Trinajstić information content (AvgIpc) is 3.64. The zero-order chi connectivity index (χ0) is 33.7. The van der Waals surface area contributed by atoms with Crippen LogP contribution in [0.5, 0.6) is 5.75 Å². The third kappa shape index (κ3) is 8.88. The molecule has 3 aromatic carbocycles. The van der Waals surface area contributed by atoms with Gasteiger partial charge in [0.25, 0.3) is 0 Å². The summed E-state index contributed by atoms with van der Waals surface area (Å²) >= 11 is 1.30. The van der Waals surface area contributed by atoms with Crippen molar-refractivity contribution in [3.05, 3.63) is 89.7 Å². The highest BCUT2D eigenvalue weighted by atomic mass is 32.2. The first kappa shape index (κ1) is 33.9. The van der Waals surface area contributed by atoms with Gasteiger partial charge >= 0.3 is 6.36 Å². The van der Waals surface area contributed by atoms with Gasteiger partial charge in [-0.2, -0.15) is 4.99 Å². The maximum absolute atomic E-state index is 13.0. The van der Waals surface area contributed by atoms with Gasteiger partial charge in [-0.05, 0) is 91.1 Å². The van der Waals surface area contributed by atoms with Crippen LogP contribution in [-0.2, 0) is 16.0 Å². The molecule has 47 heavy (non-hydrogen) atoms. The summed E-state index contributed by atoms with van der Waals surface area (Å²) in [4.78, 5) is 36.2. The number of nitrogens with zero attached hydrogens (tertiary/aromatic N) is 5. The minimum atomic E-state index is -4.75. The molecule has 0 saturated carbocycles. The van der Waals surface area contributed by atoms with Crippen molar-refractivity contribution in [2.45, 2.75) is 65.7 Å². The zero-order valence-electron chi connectivity index (χ0n) is 26.6. The summed E-state index contributed by atoms with van der Waals surface area (Å²) in [7, 11) is 0. The van der Waals surface area contributed by atoms with E-state index in [-0.39, 0.29) is 35.2 Å². The van der Waals surface area contributed by atoms with Gasteiger partial charge < -0.3 is 4.74 Å². The van der Waals surface area contributed by atoms with Gasteiger partial charge in [0.05, 0.1) is 17.1 Å². The Morgan fingerprint density at radius 1 is 1.06 bits per heavy atom. The van der Waals surface area contributed by atoms with Crippen LogP contribution in [0.3, 0.4) is 0 Å². The van der Waals surface area contributed by atoms with Crippen molar-refractivity contribution in [3.63, 3.8) is 0 Å². The molecule has 1 fully saturated rings. The Hall–Kier alpha value is -4.45. The number of carbonyl (C=O) groups excluding carboxylic acids is 2. The highest BCUT2D eigenvalue weighted by molar-refractivity contribution is 8.15. The third-order valence-electron chi connectivity index (χ3n) is 7.73. The Balaban J connectivity index is 1.15. The number of aliphatic imine (C=N–C) groups is 1. The SMILES string of the molecule is Cc1ccc(C(C)C)c(N2C(=O)CSC2=NC(=O)CC(C)CCCc2cccc(-c3ncn(-c4ccc(OC(F)(F)F)cc4)n3)c2)c1. The number of amidine groups is 1. The van der Waals surface area contributed by atoms with Crippen LogP contribution in [-0.4, -0.2) is 43.9 Å². The van der Waals surface area contributed by atoms with Crippen LogP contribution in [0.15, 0.2) is 78.0 Å². The zero-order valence-corrected chi connectivity index (χ0v) is 27.4. The standard InChI is InChI=1S/C35H36F3N5O3S/c1-22(2)29-16-11-24(4)17-30(29)43-32(45)20-47-34(43)40-31(44)18-23(3)7-5-8-25-9-6-10-26(19-25)33-39-21-42(41-33)27-12-14-28(15-13-27)46-35(36,37)38/h6,9-17,19,21-23H,5,7-8,18,20H2,1-4H3. The molecule has 4 aromatic rings. The molecular formula is C35H36F3N5O3S. The van der Waals surface area contributed by atoms with Gasteiger partial charge in [-0.1, -0.05) is 62.9 Å². The van der Waals surface area contributed by atoms with E-state index in [1.54, 1.807) is 4.90 Å². The van der Waals surface area contributed by atoms with E-state index < -0.39 is 6.36 Å². The fraction of sp³-hybridized carbons (Fsp3) is 0.343. The molecule has 0 bridgehead atoms. The first-order chi connectivity index (χ1) is 22.4. The van der Waals surface area contributed by atoms with E-state index in [1.807, 2.05) is 56.3 Å². The molecular weight excluding hydrogens is 627 g/mol. The number of ether oxygens (including phenoxy) is 1. The molecule has 5 rings (SSSR count). The minimum absolute atomic E-state index is 0.0695. The number of hydrogen-bond donors (Lipinski definition) is 0. The number of rotatable bonds is 11. The molecule has 1 aromatic heterocycles. The van der Waals surface area contributed by atoms with E-state index in [4.69, 9.17) is 0 Å².